The first-order chi connectivity index (χ1) is 13.8. The Morgan fingerprint density at radius 2 is 2.10 bits per heavy atom. The molecule has 1 atom stereocenters. The summed E-state index contributed by atoms with van der Waals surface area (Å²) in [7, 11) is 1.56. The molecule has 0 spiro atoms. The lowest BCUT2D eigenvalue weighted by Crippen LogP contribution is -2.41. The van der Waals surface area contributed by atoms with E-state index in [1.807, 2.05) is 6.92 Å². The van der Waals surface area contributed by atoms with Crippen molar-refractivity contribution in [2.24, 2.45) is 10.9 Å². The first-order valence-electron chi connectivity index (χ1n) is 9.94. The van der Waals surface area contributed by atoms with Crippen LogP contribution in [0.5, 0.6) is 11.5 Å². The summed E-state index contributed by atoms with van der Waals surface area (Å²) < 4.78 is 43.3. The largest absolute Gasteiger partial charge is 0.508 e. The average Bonchev–Trinajstić information content (AvgIpc) is 3.13. The topological polar surface area (TPSA) is 60.3 Å². The molecule has 0 saturated carbocycles. The Balaban J connectivity index is 0.00000450. The molecule has 30 heavy (non-hydrogen) atoms. The number of rotatable bonds is 8. The molecule has 172 valence electrons. The van der Waals surface area contributed by atoms with Crippen molar-refractivity contribution >= 4 is 29.9 Å². The number of phenolic OH excluding ortho intramolecular Hbond substituents is 1. The van der Waals surface area contributed by atoms with Gasteiger partial charge in [0, 0.05) is 31.7 Å². The number of likely N-dealkylation sites (tertiary alicyclic amines) is 1. The molecular formula is C20H32F3IN4O2. The summed E-state index contributed by atoms with van der Waals surface area (Å²) in [5, 5.41) is 13.3. The molecule has 1 aliphatic rings. The number of halogens is 4. The Morgan fingerprint density at radius 1 is 1.37 bits per heavy atom. The molecule has 2 rings (SSSR count). The summed E-state index contributed by atoms with van der Waals surface area (Å²) in [6, 6.07) is 4.99. The van der Waals surface area contributed by atoms with Gasteiger partial charge >= 0.3 is 6.18 Å². The number of hydrogen-bond donors (Lipinski definition) is 2. The van der Waals surface area contributed by atoms with Gasteiger partial charge in [-0.25, -0.2) is 4.99 Å². The zero-order valence-corrected chi connectivity index (χ0v) is 20.0. The summed E-state index contributed by atoms with van der Waals surface area (Å²) in [6.07, 6.45) is -3.35. The molecule has 0 radical (unpaired) electrons. The molecule has 0 bridgehead atoms. The van der Waals surface area contributed by atoms with Gasteiger partial charge in [0.1, 0.15) is 11.5 Å². The van der Waals surface area contributed by atoms with E-state index in [4.69, 9.17) is 4.74 Å². The van der Waals surface area contributed by atoms with E-state index in [9.17, 15) is 18.3 Å². The van der Waals surface area contributed by atoms with Crippen molar-refractivity contribution in [3.8, 4) is 11.5 Å². The Kier molecular flexibility index (Phi) is 11.0. The van der Waals surface area contributed by atoms with Crippen LogP contribution in [0.15, 0.2) is 23.2 Å². The average molecular weight is 544 g/mol. The number of phenols is 1. The minimum absolute atomic E-state index is 0. The number of methoxy groups -OCH3 is 1. The number of benzene rings is 1. The monoisotopic (exact) mass is 544 g/mol. The predicted octanol–water partition coefficient (Wildman–Crippen LogP) is 3.69. The number of nitrogens with zero attached hydrogens (tertiary/aromatic N) is 3. The van der Waals surface area contributed by atoms with Crippen molar-refractivity contribution in [1.82, 2.24) is 15.1 Å². The van der Waals surface area contributed by atoms with Gasteiger partial charge in [0.15, 0.2) is 5.96 Å². The molecule has 1 unspecified atom stereocenters. The van der Waals surface area contributed by atoms with E-state index >= 15 is 0 Å². The van der Waals surface area contributed by atoms with Crippen LogP contribution in [0.2, 0.25) is 0 Å². The van der Waals surface area contributed by atoms with Crippen LogP contribution in [-0.4, -0.2) is 73.4 Å². The molecule has 10 heteroatoms. The maximum absolute atomic E-state index is 12.7. The van der Waals surface area contributed by atoms with Gasteiger partial charge in [-0.2, -0.15) is 13.2 Å². The van der Waals surface area contributed by atoms with Crippen LogP contribution in [-0.2, 0) is 6.54 Å². The van der Waals surface area contributed by atoms with Gasteiger partial charge in [-0.3, -0.25) is 4.90 Å². The van der Waals surface area contributed by atoms with Crippen LogP contribution < -0.4 is 10.1 Å². The Morgan fingerprint density at radius 3 is 2.70 bits per heavy atom. The second kappa shape index (κ2) is 12.4. The maximum atomic E-state index is 12.7. The summed E-state index contributed by atoms with van der Waals surface area (Å²) in [4.78, 5) is 8.14. The second-order valence-electron chi connectivity index (χ2n) is 7.21. The van der Waals surface area contributed by atoms with Gasteiger partial charge in [-0.1, -0.05) is 6.92 Å². The van der Waals surface area contributed by atoms with Crippen molar-refractivity contribution in [2.75, 3.05) is 46.4 Å². The van der Waals surface area contributed by atoms with Crippen molar-refractivity contribution < 1.29 is 23.0 Å². The zero-order valence-electron chi connectivity index (χ0n) is 17.7. The van der Waals surface area contributed by atoms with Gasteiger partial charge in [0.25, 0.3) is 0 Å². The highest BCUT2D eigenvalue weighted by Crippen LogP contribution is 2.24. The molecule has 1 heterocycles. The van der Waals surface area contributed by atoms with Crippen molar-refractivity contribution in [1.29, 1.82) is 0 Å². The number of ether oxygens (including phenoxy) is 1. The third-order valence-corrected chi connectivity index (χ3v) is 4.97. The van der Waals surface area contributed by atoms with Gasteiger partial charge in [-0.05, 0) is 44.0 Å². The van der Waals surface area contributed by atoms with Crippen molar-refractivity contribution in [3.63, 3.8) is 0 Å². The standard InChI is InChI=1S/C20H31F3N4O2.HI/c1-4-24-19(25-11-16-10-17(29-3)6-7-18(16)28)27-9-8-15(13-27)12-26(5-2)14-20(21,22)23;/h6-7,10,15,28H,4-5,8-9,11-14H2,1-3H3,(H,24,25);1H. The molecule has 1 saturated heterocycles. The third kappa shape index (κ3) is 8.37. The van der Waals surface area contributed by atoms with Gasteiger partial charge < -0.3 is 20.1 Å². The minimum atomic E-state index is -4.18. The lowest BCUT2D eigenvalue weighted by molar-refractivity contribution is -0.146. The fourth-order valence-electron chi connectivity index (χ4n) is 3.50. The fraction of sp³-hybridized carbons (Fsp3) is 0.650. The van der Waals surface area contributed by atoms with Gasteiger partial charge in [0.05, 0.1) is 20.2 Å². The molecule has 2 N–H and O–H groups in total. The highest BCUT2D eigenvalue weighted by molar-refractivity contribution is 14.0. The number of hydrogen-bond acceptors (Lipinski definition) is 4. The van der Waals surface area contributed by atoms with Crippen LogP contribution in [0.1, 0.15) is 25.8 Å². The highest BCUT2D eigenvalue weighted by atomic mass is 127. The van der Waals surface area contributed by atoms with Gasteiger partial charge in [-0.15, -0.1) is 24.0 Å². The Hall–Kier alpha value is -1.43. The zero-order chi connectivity index (χ0) is 21.4. The van der Waals surface area contributed by atoms with E-state index in [1.165, 1.54) is 4.90 Å². The number of nitrogens with one attached hydrogen (secondary N) is 1. The van der Waals surface area contributed by atoms with Gasteiger partial charge in [0.2, 0.25) is 0 Å². The Bertz CT molecular complexity index is 689. The first kappa shape index (κ1) is 26.6. The van der Waals surface area contributed by atoms with Crippen LogP contribution in [0.3, 0.4) is 0 Å². The highest BCUT2D eigenvalue weighted by Gasteiger charge is 2.33. The smallest absolute Gasteiger partial charge is 0.401 e. The maximum Gasteiger partial charge on any atom is 0.401 e. The molecule has 0 aromatic heterocycles. The summed E-state index contributed by atoms with van der Waals surface area (Å²) in [5.74, 6) is 1.65. The number of aromatic hydroxyl groups is 1. The van der Waals surface area contributed by atoms with Crippen LogP contribution in [0, 0.1) is 5.92 Å². The van der Waals surface area contributed by atoms with E-state index in [0.29, 0.717) is 43.5 Å². The van der Waals surface area contributed by atoms with Crippen LogP contribution in [0.4, 0.5) is 13.2 Å². The predicted molar refractivity (Wildman–Crippen MR) is 123 cm³/mol. The molecule has 0 aliphatic carbocycles. The fourth-order valence-corrected chi connectivity index (χ4v) is 3.50. The second-order valence-corrected chi connectivity index (χ2v) is 7.21. The lowest BCUT2D eigenvalue weighted by atomic mass is 10.1. The van der Waals surface area contributed by atoms with E-state index in [1.54, 1.807) is 32.2 Å². The van der Waals surface area contributed by atoms with Crippen LogP contribution >= 0.6 is 24.0 Å². The summed E-state index contributed by atoms with van der Waals surface area (Å²) in [5.41, 5.74) is 0.651. The first-order valence-corrected chi connectivity index (χ1v) is 9.94. The number of alkyl halides is 3. The molecular weight excluding hydrogens is 512 g/mol. The van der Waals surface area contributed by atoms with Crippen LogP contribution in [0.25, 0.3) is 0 Å². The quantitative estimate of drug-likeness (QED) is 0.297. The van der Waals surface area contributed by atoms with E-state index in [-0.39, 0.29) is 42.2 Å². The Labute approximate surface area is 193 Å². The summed E-state index contributed by atoms with van der Waals surface area (Å²) in [6.45, 7) is 6.00. The SMILES string of the molecule is CCNC(=NCc1cc(OC)ccc1O)N1CCC(CN(CC)CC(F)(F)F)C1.I. The number of aliphatic imine (C=N–C) groups is 1. The molecule has 1 fully saturated rings. The molecule has 1 aromatic carbocycles. The molecule has 1 aromatic rings. The van der Waals surface area contributed by atoms with Crippen molar-refractivity contribution in [3.05, 3.63) is 23.8 Å². The normalized spacial score (nSPS) is 17.2. The lowest BCUT2D eigenvalue weighted by Gasteiger charge is -2.26. The minimum Gasteiger partial charge on any atom is -0.508 e. The summed E-state index contributed by atoms with van der Waals surface area (Å²) >= 11 is 0. The van der Waals surface area contributed by atoms with E-state index in [2.05, 4.69) is 15.2 Å². The molecule has 0 amide bonds. The number of guanidine groups is 1. The van der Waals surface area contributed by atoms with Crippen molar-refractivity contribution in [2.45, 2.75) is 33.0 Å². The molecule has 1 aliphatic heterocycles. The van der Waals surface area contributed by atoms with E-state index in [0.717, 1.165) is 13.0 Å². The molecule has 6 nitrogen and oxygen atoms in total. The van der Waals surface area contributed by atoms with E-state index < -0.39 is 12.7 Å². The third-order valence-electron chi connectivity index (χ3n) is 4.97.